The number of benzene rings is 1. The Morgan fingerprint density at radius 3 is 2.85 bits per heavy atom. The predicted molar refractivity (Wildman–Crippen MR) is 72.3 cm³/mol. The van der Waals surface area contributed by atoms with Crippen LogP contribution in [0.1, 0.15) is 16.1 Å². The largest absolute Gasteiger partial charge is 0.504 e. The molecule has 0 saturated heterocycles. The van der Waals surface area contributed by atoms with E-state index in [4.69, 9.17) is 10.5 Å². The highest BCUT2D eigenvalue weighted by Gasteiger charge is 2.11. The second-order valence-corrected chi connectivity index (χ2v) is 3.98. The molecule has 0 unspecified atom stereocenters. The van der Waals surface area contributed by atoms with E-state index in [2.05, 4.69) is 15.3 Å². The predicted octanol–water partition coefficient (Wildman–Crippen LogP) is 0.703. The number of nitrogens with one attached hydrogen (secondary N) is 1. The molecule has 0 fully saturated rings. The molecule has 0 aliphatic heterocycles. The van der Waals surface area contributed by atoms with Gasteiger partial charge in [0, 0.05) is 18.9 Å². The molecule has 20 heavy (non-hydrogen) atoms. The van der Waals surface area contributed by atoms with Crippen molar-refractivity contribution in [3.63, 3.8) is 0 Å². The van der Waals surface area contributed by atoms with E-state index >= 15 is 0 Å². The monoisotopic (exact) mass is 274 g/mol. The number of phenols is 1. The van der Waals surface area contributed by atoms with Gasteiger partial charge in [-0.05, 0) is 17.7 Å². The molecule has 0 atom stereocenters. The minimum absolute atomic E-state index is 0.0424. The summed E-state index contributed by atoms with van der Waals surface area (Å²) in [5.74, 6) is 0.0486. The molecule has 0 aliphatic carbocycles. The SMILES string of the molecule is COc1cc(CNC(=O)c2nccnc2N)ccc1O. The molecular weight excluding hydrogens is 260 g/mol. The first-order chi connectivity index (χ1) is 9.61. The number of anilines is 1. The van der Waals surface area contributed by atoms with E-state index < -0.39 is 5.91 Å². The highest BCUT2D eigenvalue weighted by Crippen LogP contribution is 2.26. The van der Waals surface area contributed by atoms with Crippen molar-refractivity contribution < 1.29 is 14.6 Å². The Hall–Kier alpha value is -2.83. The molecule has 0 saturated carbocycles. The quantitative estimate of drug-likeness (QED) is 0.757. The number of phenolic OH excluding ortho intramolecular Hbond substituents is 1. The van der Waals surface area contributed by atoms with Crippen molar-refractivity contribution in [2.75, 3.05) is 12.8 Å². The number of nitrogens with zero attached hydrogens (tertiary/aromatic N) is 2. The van der Waals surface area contributed by atoms with Crippen LogP contribution in [0.15, 0.2) is 30.6 Å². The van der Waals surface area contributed by atoms with Gasteiger partial charge in [0.2, 0.25) is 0 Å². The molecule has 1 aromatic heterocycles. The average Bonchev–Trinajstić information content (AvgIpc) is 2.46. The zero-order valence-corrected chi connectivity index (χ0v) is 10.8. The number of nitrogen functional groups attached to an aromatic ring is 1. The second-order valence-electron chi connectivity index (χ2n) is 3.98. The third kappa shape index (κ3) is 2.94. The first kappa shape index (κ1) is 13.6. The Morgan fingerprint density at radius 1 is 1.40 bits per heavy atom. The van der Waals surface area contributed by atoms with E-state index in [9.17, 15) is 9.90 Å². The number of hydrogen-bond donors (Lipinski definition) is 3. The van der Waals surface area contributed by atoms with E-state index in [1.54, 1.807) is 12.1 Å². The molecule has 1 heterocycles. The van der Waals surface area contributed by atoms with Crippen molar-refractivity contribution in [3.05, 3.63) is 41.9 Å². The van der Waals surface area contributed by atoms with Gasteiger partial charge in [0.15, 0.2) is 23.0 Å². The van der Waals surface area contributed by atoms with E-state index in [1.165, 1.54) is 25.6 Å². The Morgan fingerprint density at radius 2 is 2.15 bits per heavy atom. The number of rotatable bonds is 4. The lowest BCUT2D eigenvalue weighted by Crippen LogP contribution is -2.25. The van der Waals surface area contributed by atoms with Gasteiger partial charge in [-0.15, -0.1) is 0 Å². The van der Waals surface area contributed by atoms with Crippen molar-refractivity contribution in [1.29, 1.82) is 0 Å². The van der Waals surface area contributed by atoms with E-state index in [-0.39, 0.29) is 23.8 Å². The molecule has 7 heteroatoms. The maximum Gasteiger partial charge on any atom is 0.273 e. The van der Waals surface area contributed by atoms with Crippen LogP contribution in [0.25, 0.3) is 0 Å². The van der Waals surface area contributed by atoms with Gasteiger partial charge in [0.05, 0.1) is 7.11 Å². The topological polar surface area (TPSA) is 110 Å². The van der Waals surface area contributed by atoms with Crippen molar-refractivity contribution in [1.82, 2.24) is 15.3 Å². The number of carbonyl (C=O) groups excluding carboxylic acids is 1. The lowest BCUT2D eigenvalue weighted by Gasteiger charge is -2.08. The zero-order chi connectivity index (χ0) is 14.5. The summed E-state index contributed by atoms with van der Waals surface area (Å²) in [7, 11) is 1.46. The molecule has 0 radical (unpaired) electrons. The summed E-state index contributed by atoms with van der Waals surface area (Å²) in [5, 5.41) is 12.1. The molecule has 2 rings (SSSR count). The van der Waals surface area contributed by atoms with Crippen LogP contribution < -0.4 is 15.8 Å². The highest BCUT2D eigenvalue weighted by atomic mass is 16.5. The third-order valence-corrected chi connectivity index (χ3v) is 2.64. The van der Waals surface area contributed by atoms with Gasteiger partial charge in [-0.1, -0.05) is 6.07 Å². The Balaban J connectivity index is 2.06. The Bertz CT molecular complexity index is 631. The summed E-state index contributed by atoms with van der Waals surface area (Å²) in [6.07, 6.45) is 2.81. The van der Waals surface area contributed by atoms with Gasteiger partial charge in [0.25, 0.3) is 5.91 Å². The van der Waals surface area contributed by atoms with Crippen LogP contribution in [0.3, 0.4) is 0 Å². The van der Waals surface area contributed by atoms with E-state index in [1.807, 2.05) is 0 Å². The Kier molecular flexibility index (Phi) is 3.99. The lowest BCUT2D eigenvalue weighted by atomic mass is 10.2. The van der Waals surface area contributed by atoms with Crippen LogP contribution >= 0.6 is 0 Å². The Labute approximate surface area is 115 Å². The van der Waals surface area contributed by atoms with Crippen molar-refractivity contribution in [2.24, 2.45) is 0 Å². The fourth-order valence-corrected chi connectivity index (χ4v) is 1.62. The summed E-state index contributed by atoms with van der Waals surface area (Å²) in [6, 6.07) is 4.81. The third-order valence-electron chi connectivity index (χ3n) is 2.64. The van der Waals surface area contributed by atoms with Crippen LogP contribution in [0.4, 0.5) is 5.82 Å². The number of methoxy groups -OCH3 is 1. The molecule has 0 bridgehead atoms. The van der Waals surface area contributed by atoms with Crippen LogP contribution in [0.5, 0.6) is 11.5 Å². The fraction of sp³-hybridized carbons (Fsp3) is 0.154. The van der Waals surface area contributed by atoms with Crippen molar-refractivity contribution in [3.8, 4) is 11.5 Å². The minimum atomic E-state index is -0.414. The number of carbonyl (C=O) groups is 1. The molecule has 1 amide bonds. The number of amides is 1. The molecule has 2 aromatic rings. The number of nitrogens with two attached hydrogens (primary N) is 1. The summed E-state index contributed by atoms with van der Waals surface area (Å²) in [6.45, 7) is 0.255. The smallest absolute Gasteiger partial charge is 0.273 e. The van der Waals surface area contributed by atoms with Gasteiger partial charge >= 0.3 is 0 Å². The van der Waals surface area contributed by atoms with Gasteiger partial charge < -0.3 is 20.9 Å². The summed E-state index contributed by atoms with van der Waals surface area (Å²) >= 11 is 0. The molecule has 0 spiro atoms. The van der Waals surface area contributed by atoms with Gasteiger partial charge in [-0.2, -0.15) is 0 Å². The fourth-order valence-electron chi connectivity index (χ4n) is 1.62. The van der Waals surface area contributed by atoms with Crippen LogP contribution in [-0.4, -0.2) is 28.1 Å². The molecule has 1 aromatic carbocycles. The number of aromatic nitrogens is 2. The summed E-state index contributed by atoms with van der Waals surface area (Å²) in [4.78, 5) is 19.6. The van der Waals surface area contributed by atoms with Gasteiger partial charge in [-0.25, -0.2) is 9.97 Å². The highest BCUT2D eigenvalue weighted by molar-refractivity contribution is 5.96. The first-order valence-electron chi connectivity index (χ1n) is 5.82. The second kappa shape index (κ2) is 5.87. The molecule has 4 N–H and O–H groups in total. The van der Waals surface area contributed by atoms with Crippen molar-refractivity contribution in [2.45, 2.75) is 6.54 Å². The molecule has 7 nitrogen and oxygen atoms in total. The minimum Gasteiger partial charge on any atom is -0.504 e. The average molecular weight is 274 g/mol. The maximum atomic E-state index is 11.9. The standard InChI is InChI=1S/C13H14N4O3/c1-20-10-6-8(2-3-9(10)18)7-17-13(19)11-12(14)16-5-4-15-11/h2-6,18H,7H2,1H3,(H2,14,16)(H,17,19). The first-order valence-corrected chi connectivity index (χ1v) is 5.82. The van der Waals surface area contributed by atoms with Crippen molar-refractivity contribution >= 4 is 11.7 Å². The number of ether oxygens (including phenoxy) is 1. The molecular formula is C13H14N4O3. The number of aromatic hydroxyl groups is 1. The van der Waals surface area contributed by atoms with Crippen LogP contribution in [0.2, 0.25) is 0 Å². The van der Waals surface area contributed by atoms with E-state index in [0.717, 1.165) is 5.56 Å². The van der Waals surface area contributed by atoms with E-state index in [0.29, 0.717) is 5.75 Å². The normalized spacial score (nSPS) is 10.1. The van der Waals surface area contributed by atoms with Gasteiger partial charge in [0.1, 0.15) is 0 Å². The summed E-state index contributed by atoms with van der Waals surface area (Å²) in [5.41, 5.74) is 6.42. The lowest BCUT2D eigenvalue weighted by molar-refractivity contribution is 0.0946. The summed E-state index contributed by atoms with van der Waals surface area (Å²) < 4.78 is 4.99. The molecule has 0 aliphatic rings. The van der Waals surface area contributed by atoms with Crippen LogP contribution in [-0.2, 0) is 6.54 Å². The maximum absolute atomic E-state index is 11.9. The van der Waals surface area contributed by atoms with Gasteiger partial charge in [-0.3, -0.25) is 4.79 Å². The molecule has 104 valence electrons. The zero-order valence-electron chi connectivity index (χ0n) is 10.8. The number of hydrogen-bond acceptors (Lipinski definition) is 6. The van der Waals surface area contributed by atoms with Crippen LogP contribution in [0, 0.1) is 0 Å².